The summed E-state index contributed by atoms with van der Waals surface area (Å²) in [4.78, 5) is 13.4. The van der Waals surface area contributed by atoms with Crippen molar-refractivity contribution in [2.24, 2.45) is 0 Å². The summed E-state index contributed by atoms with van der Waals surface area (Å²) >= 11 is 0. The third-order valence-corrected chi connectivity index (χ3v) is 3.42. The molecule has 0 atom stereocenters. The third kappa shape index (κ3) is 1.18. The highest BCUT2D eigenvalue weighted by Gasteiger charge is 2.42. The highest BCUT2D eigenvalue weighted by molar-refractivity contribution is 5.65. The minimum atomic E-state index is -0.0135. The molecule has 0 spiro atoms. The van der Waals surface area contributed by atoms with E-state index in [1.807, 2.05) is 0 Å². The molecule has 2 nitrogen and oxygen atoms in total. The number of piperidine rings is 1. The third-order valence-electron chi connectivity index (χ3n) is 3.42. The number of nitrogens with zero attached hydrogens (tertiary/aromatic N) is 1. The topological polar surface area (TPSA) is 20.3 Å². The van der Waals surface area contributed by atoms with E-state index < -0.39 is 0 Å². The standard InChI is InChI=1S/C10H17NO/c12-9-10(5-4-6-10)11-7-2-1-3-8-11/h9H,1-8H2. The Morgan fingerprint density at radius 3 is 2.08 bits per heavy atom. The number of carbonyl (C=O) groups is 1. The summed E-state index contributed by atoms with van der Waals surface area (Å²) in [6.07, 6.45) is 8.58. The lowest BCUT2D eigenvalue weighted by Crippen LogP contribution is -2.56. The number of hydrogen-bond donors (Lipinski definition) is 0. The van der Waals surface area contributed by atoms with Gasteiger partial charge in [0.1, 0.15) is 6.29 Å². The van der Waals surface area contributed by atoms with Crippen molar-refractivity contribution in [3.8, 4) is 0 Å². The van der Waals surface area contributed by atoms with Crippen LogP contribution in [0, 0.1) is 0 Å². The van der Waals surface area contributed by atoms with Crippen LogP contribution in [0.2, 0.25) is 0 Å². The number of aldehydes is 1. The summed E-state index contributed by atoms with van der Waals surface area (Å²) in [5.41, 5.74) is -0.0135. The molecule has 1 saturated heterocycles. The van der Waals surface area contributed by atoms with Crippen LogP contribution in [0.15, 0.2) is 0 Å². The van der Waals surface area contributed by atoms with Crippen molar-refractivity contribution in [2.45, 2.75) is 44.1 Å². The van der Waals surface area contributed by atoms with Crippen LogP contribution in [-0.4, -0.2) is 29.8 Å². The lowest BCUT2D eigenvalue weighted by atomic mass is 9.76. The van der Waals surface area contributed by atoms with Crippen molar-refractivity contribution in [1.29, 1.82) is 0 Å². The van der Waals surface area contributed by atoms with Crippen LogP contribution < -0.4 is 0 Å². The highest BCUT2D eigenvalue weighted by Crippen LogP contribution is 2.37. The molecule has 2 aliphatic rings. The van der Waals surface area contributed by atoms with Gasteiger partial charge in [0.05, 0.1) is 5.54 Å². The van der Waals surface area contributed by atoms with E-state index >= 15 is 0 Å². The lowest BCUT2D eigenvalue weighted by Gasteiger charge is -2.48. The van der Waals surface area contributed by atoms with E-state index in [9.17, 15) is 4.79 Å². The SMILES string of the molecule is O=CC1(N2CCCCC2)CCC1. The molecule has 0 N–H and O–H groups in total. The maximum atomic E-state index is 11.0. The summed E-state index contributed by atoms with van der Waals surface area (Å²) in [7, 11) is 0. The second-order valence-corrected chi connectivity index (χ2v) is 4.12. The summed E-state index contributed by atoms with van der Waals surface area (Å²) < 4.78 is 0. The minimum absolute atomic E-state index is 0.0135. The van der Waals surface area contributed by atoms with Gasteiger partial charge in [-0.15, -0.1) is 0 Å². The lowest BCUT2D eigenvalue weighted by molar-refractivity contribution is -0.125. The molecule has 1 aliphatic carbocycles. The summed E-state index contributed by atoms with van der Waals surface area (Å²) in [6, 6.07) is 0. The van der Waals surface area contributed by atoms with Crippen LogP contribution in [-0.2, 0) is 4.79 Å². The normalized spacial score (nSPS) is 29.3. The fourth-order valence-corrected chi connectivity index (χ4v) is 2.39. The molecule has 0 aromatic rings. The summed E-state index contributed by atoms with van der Waals surface area (Å²) in [5, 5.41) is 0. The molecule has 0 radical (unpaired) electrons. The molecule has 1 aliphatic heterocycles. The van der Waals surface area contributed by atoms with Gasteiger partial charge in [-0.1, -0.05) is 6.42 Å². The average molecular weight is 167 g/mol. The monoisotopic (exact) mass is 167 g/mol. The molecule has 2 fully saturated rings. The number of hydrogen-bond acceptors (Lipinski definition) is 2. The molecule has 0 unspecified atom stereocenters. The Morgan fingerprint density at radius 2 is 1.67 bits per heavy atom. The van der Waals surface area contributed by atoms with Crippen LogP contribution in [0.3, 0.4) is 0 Å². The van der Waals surface area contributed by atoms with E-state index in [-0.39, 0.29) is 5.54 Å². The van der Waals surface area contributed by atoms with Gasteiger partial charge in [-0.3, -0.25) is 4.90 Å². The Kier molecular flexibility index (Phi) is 2.18. The van der Waals surface area contributed by atoms with Crippen molar-refractivity contribution in [3.05, 3.63) is 0 Å². The van der Waals surface area contributed by atoms with Gasteiger partial charge in [0, 0.05) is 0 Å². The van der Waals surface area contributed by atoms with Crippen LogP contribution in [0.4, 0.5) is 0 Å². The highest BCUT2D eigenvalue weighted by atomic mass is 16.1. The Morgan fingerprint density at radius 1 is 1.00 bits per heavy atom. The Hall–Kier alpha value is -0.370. The molecule has 2 heteroatoms. The van der Waals surface area contributed by atoms with Gasteiger partial charge in [0.2, 0.25) is 0 Å². The van der Waals surface area contributed by atoms with Crippen LogP contribution >= 0.6 is 0 Å². The minimum Gasteiger partial charge on any atom is -0.301 e. The van der Waals surface area contributed by atoms with E-state index in [0.29, 0.717) is 0 Å². The largest absolute Gasteiger partial charge is 0.301 e. The maximum absolute atomic E-state index is 11.0. The van der Waals surface area contributed by atoms with Crippen LogP contribution in [0.5, 0.6) is 0 Å². The zero-order valence-corrected chi connectivity index (χ0v) is 7.59. The summed E-state index contributed by atoms with van der Waals surface area (Å²) in [6.45, 7) is 2.30. The second-order valence-electron chi connectivity index (χ2n) is 4.12. The quantitative estimate of drug-likeness (QED) is 0.582. The van der Waals surface area contributed by atoms with Gasteiger partial charge >= 0.3 is 0 Å². The molecule has 0 bridgehead atoms. The van der Waals surface area contributed by atoms with Crippen molar-refractivity contribution in [3.63, 3.8) is 0 Å². The predicted octanol–water partition coefficient (Wildman–Crippen LogP) is 1.59. The molecule has 0 aromatic carbocycles. The predicted molar refractivity (Wildman–Crippen MR) is 48.1 cm³/mol. The molecule has 2 rings (SSSR count). The first-order chi connectivity index (χ1) is 5.87. The molecular weight excluding hydrogens is 150 g/mol. The Labute approximate surface area is 73.9 Å². The van der Waals surface area contributed by atoms with Crippen LogP contribution in [0.25, 0.3) is 0 Å². The second kappa shape index (κ2) is 3.17. The van der Waals surface area contributed by atoms with Crippen molar-refractivity contribution >= 4 is 6.29 Å². The smallest absolute Gasteiger partial charge is 0.140 e. The van der Waals surface area contributed by atoms with Gasteiger partial charge < -0.3 is 4.79 Å². The molecule has 12 heavy (non-hydrogen) atoms. The van der Waals surface area contributed by atoms with E-state index in [4.69, 9.17) is 0 Å². The number of likely N-dealkylation sites (tertiary alicyclic amines) is 1. The fourth-order valence-electron chi connectivity index (χ4n) is 2.39. The number of rotatable bonds is 2. The van der Waals surface area contributed by atoms with Gasteiger partial charge in [-0.25, -0.2) is 0 Å². The van der Waals surface area contributed by atoms with E-state index in [2.05, 4.69) is 4.90 Å². The van der Waals surface area contributed by atoms with Crippen molar-refractivity contribution < 1.29 is 4.79 Å². The zero-order valence-electron chi connectivity index (χ0n) is 7.59. The molecule has 0 aromatic heterocycles. The first-order valence-corrected chi connectivity index (χ1v) is 5.09. The van der Waals surface area contributed by atoms with Crippen molar-refractivity contribution in [2.75, 3.05) is 13.1 Å². The molecule has 1 heterocycles. The fraction of sp³-hybridized carbons (Fsp3) is 0.900. The van der Waals surface area contributed by atoms with Crippen LogP contribution in [0.1, 0.15) is 38.5 Å². The summed E-state index contributed by atoms with van der Waals surface area (Å²) in [5.74, 6) is 0. The molecular formula is C10H17NO. The maximum Gasteiger partial charge on any atom is 0.140 e. The number of carbonyl (C=O) groups excluding carboxylic acids is 1. The van der Waals surface area contributed by atoms with Gasteiger partial charge in [0.15, 0.2) is 0 Å². The molecule has 0 amide bonds. The Balaban J connectivity index is 1.99. The van der Waals surface area contributed by atoms with Crippen molar-refractivity contribution in [1.82, 2.24) is 4.90 Å². The average Bonchev–Trinajstić information content (AvgIpc) is 2.05. The van der Waals surface area contributed by atoms with E-state index in [0.717, 1.165) is 25.9 Å². The van der Waals surface area contributed by atoms with Gasteiger partial charge in [-0.2, -0.15) is 0 Å². The van der Waals surface area contributed by atoms with E-state index in [1.54, 1.807) is 0 Å². The van der Waals surface area contributed by atoms with Gasteiger partial charge in [-0.05, 0) is 45.2 Å². The first-order valence-electron chi connectivity index (χ1n) is 5.09. The van der Waals surface area contributed by atoms with E-state index in [1.165, 1.54) is 32.0 Å². The first kappa shape index (κ1) is 8.24. The van der Waals surface area contributed by atoms with Gasteiger partial charge in [0.25, 0.3) is 0 Å². The zero-order chi connectivity index (χ0) is 8.44. The molecule has 1 saturated carbocycles. The Bertz CT molecular complexity index is 169. The molecule has 68 valence electrons.